The lowest BCUT2D eigenvalue weighted by atomic mass is 10.1. The van der Waals surface area contributed by atoms with Crippen molar-refractivity contribution in [2.75, 3.05) is 19.6 Å². The summed E-state index contributed by atoms with van der Waals surface area (Å²) in [4.78, 5) is 26.4. The lowest BCUT2D eigenvalue weighted by Crippen LogP contribution is -2.46. The number of alkyl halides is 3. The van der Waals surface area contributed by atoms with E-state index in [1.54, 1.807) is 6.07 Å². The number of hydrogen-bond donors (Lipinski definition) is 2. The van der Waals surface area contributed by atoms with E-state index in [9.17, 15) is 27.2 Å². The number of benzene rings is 2. The highest BCUT2D eigenvalue weighted by atomic mass is 19.4. The van der Waals surface area contributed by atoms with E-state index in [4.69, 9.17) is 4.74 Å². The highest BCUT2D eigenvalue weighted by Gasteiger charge is 2.32. The fourth-order valence-electron chi connectivity index (χ4n) is 3.77. The Hall–Kier alpha value is -3.89. The van der Waals surface area contributed by atoms with E-state index in [2.05, 4.69) is 15.5 Å². The number of carbonyl (C=O) groups is 2. The van der Waals surface area contributed by atoms with E-state index in [1.165, 1.54) is 4.90 Å². The van der Waals surface area contributed by atoms with Gasteiger partial charge in [-0.2, -0.15) is 18.3 Å². The molecule has 1 aliphatic heterocycles. The standard InChI is InChI=1S/C24H22F4N4O3/c25-17-10-16(24(26,27)28)11-19(12-17)35-18-6-8-32(9-7-18)22(33)14-29-23(34)21-13-20(30-31-21)15-4-2-1-3-5-15/h1-5,10-13,18H,6-9,14H2,(H,29,34)(H,30,31). The molecule has 11 heteroatoms. The molecule has 1 saturated heterocycles. The minimum atomic E-state index is -4.68. The van der Waals surface area contributed by atoms with Crippen LogP contribution in [-0.4, -0.2) is 52.6 Å². The smallest absolute Gasteiger partial charge is 0.416 e. The fraction of sp³-hybridized carbons (Fsp3) is 0.292. The zero-order chi connectivity index (χ0) is 25.0. The van der Waals surface area contributed by atoms with Gasteiger partial charge in [-0.15, -0.1) is 0 Å². The van der Waals surface area contributed by atoms with Crippen molar-refractivity contribution in [2.45, 2.75) is 25.1 Å². The molecule has 7 nitrogen and oxygen atoms in total. The van der Waals surface area contributed by atoms with Gasteiger partial charge in [-0.25, -0.2) is 4.39 Å². The van der Waals surface area contributed by atoms with Gasteiger partial charge in [-0.1, -0.05) is 30.3 Å². The number of amides is 2. The van der Waals surface area contributed by atoms with Crippen molar-refractivity contribution in [1.82, 2.24) is 20.4 Å². The maximum atomic E-state index is 13.6. The molecule has 2 aromatic carbocycles. The van der Waals surface area contributed by atoms with Crippen molar-refractivity contribution in [1.29, 1.82) is 0 Å². The molecule has 1 aromatic heterocycles. The first kappa shape index (κ1) is 24.2. The van der Waals surface area contributed by atoms with E-state index in [0.717, 1.165) is 17.7 Å². The summed E-state index contributed by atoms with van der Waals surface area (Å²) in [6.45, 7) is 0.370. The van der Waals surface area contributed by atoms with Gasteiger partial charge in [0.05, 0.1) is 17.8 Å². The summed E-state index contributed by atoms with van der Waals surface area (Å²) in [5, 5.41) is 9.32. The number of hydrogen-bond acceptors (Lipinski definition) is 4. The summed E-state index contributed by atoms with van der Waals surface area (Å²) in [6, 6.07) is 13.0. The number of likely N-dealkylation sites (tertiary alicyclic amines) is 1. The van der Waals surface area contributed by atoms with Crippen LogP contribution in [0.5, 0.6) is 5.75 Å². The number of halogens is 4. The predicted molar refractivity (Wildman–Crippen MR) is 118 cm³/mol. The molecule has 2 N–H and O–H groups in total. The quantitative estimate of drug-likeness (QED) is 0.511. The van der Waals surface area contributed by atoms with Crippen LogP contribution in [0.3, 0.4) is 0 Å². The van der Waals surface area contributed by atoms with Crippen LogP contribution >= 0.6 is 0 Å². The maximum absolute atomic E-state index is 13.6. The van der Waals surface area contributed by atoms with Gasteiger partial charge < -0.3 is 15.0 Å². The zero-order valence-electron chi connectivity index (χ0n) is 18.4. The van der Waals surface area contributed by atoms with Crippen molar-refractivity contribution in [3.63, 3.8) is 0 Å². The van der Waals surface area contributed by atoms with Crippen LogP contribution in [0, 0.1) is 5.82 Å². The maximum Gasteiger partial charge on any atom is 0.416 e. The lowest BCUT2D eigenvalue weighted by Gasteiger charge is -2.32. The monoisotopic (exact) mass is 490 g/mol. The molecule has 1 aliphatic rings. The first-order valence-corrected chi connectivity index (χ1v) is 10.9. The second-order valence-electron chi connectivity index (χ2n) is 8.09. The molecule has 0 unspecified atom stereocenters. The van der Waals surface area contributed by atoms with E-state index < -0.39 is 29.6 Å². The molecule has 2 heterocycles. The Bertz CT molecular complexity index is 1190. The third-order valence-corrected chi connectivity index (χ3v) is 5.59. The van der Waals surface area contributed by atoms with Gasteiger partial charge in [0.25, 0.3) is 5.91 Å². The molecular formula is C24H22F4N4O3. The van der Waals surface area contributed by atoms with Crippen molar-refractivity contribution in [2.24, 2.45) is 0 Å². The largest absolute Gasteiger partial charge is 0.490 e. The summed E-state index contributed by atoms with van der Waals surface area (Å²) in [6.07, 6.45) is -4.42. The van der Waals surface area contributed by atoms with Crippen LogP contribution in [0.4, 0.5) is 17.6 Å². The summed E-state index contributed by atoms with van der Waals surface area (Å²) in [7, 11) is 0. The number of aromatic nitrogens is 2. The van der Waals surface area contributed by atoms with E-state index >= 15 is 0 Å². The zero-order valence-corrected chi connectivity index (χ0v) is 18.4. The summed E-state index contributed by atoms with van der Waals surface area (Å²) in [5.74, 6) is -2.02. The molecule has 0 radical (unpaired) electrons. The summed E-state index contributed by atoms with van der Waals surface area (Å²) in [5.41, 5.74) is 0.544. The molecule has 0 atom stereocenters. The second-order valence-corrected chi connectivity index (χ2v) is 8.09. The average Bonchev–Trinajstić information content (AvgIpc) is 3.33. The van der Waals surface area contributed by atoms with Crippen LogP contribution < -0.4 is 10.1 Å². The third kappa shape index (κ3) is 6.17. The van der Waals surface area contributed by atoms with Gasteiger partial charge >= 0.3 is 6.18 Å². The Morgan fingerprint density at radius 1 is 1.09 bits per heavy atom. The first-order chi connectivity index (χ1) is 16.7. The molecule has 184 valence electrons. The highest BCUT2D eigenvalue weighted by molar-refractivity contribution is 5.95. The number of rotatable bonds is 6. The van der Waals surface area contributed by atoms with Gasteiger partial charge in [0.1, 0.15) is 23.4 Å². The molecule has 3 aromatic rings. The Morgan fingerprint density at radius 3 is 2.49 bits per heavy atom. The van der Waals surface area contributed by atoms with E-state index in [0.29, 0.717) is 37.7 Å². The van der Waals surface area contributed by atoms with E-state index in [-0.39, 0.29) is 23.9 Å². The molecule has 0 aliphatic carbocycles. The Morgan fingerprint density at radius 2 is 1.80 bits per heavy atom. The number of nitrogens with one attached hydrogen (secondary N) is 2. The van der Waals surface area contributed by atoms with Gasteiger partial charge in [0.15, 0.2) is 0 Å². The molecule has 0 bridgehead atoms. The van der Waals surface area contributed by atoms with Gasteiger partial charge in [0, 0.05) is 37.6 Å². The Labute approximate surface area is 198 Å². The van der Waals surface area contributed by atoms with Crippen LogP contribution in [0.2, 0.25) is 0 Å². The number of H-pyrrole nitrogens is 1. The van der Waals surface area contributed by atoms with Crippen LogP contribution in [0.1, 0.15) is 28.9 Å². The van der Waals surface area contributed by atoms with Crippen LogP contribution in [0.15, 0.2) is 54.6 Å². The number of nitrogens with zero attached hydrogens (tertiary/aromatic N) is 2. The predicted octanol–water partition coefficient (Wildman–Crippen LogP) is 4.03. The molecule has 35 heavy (non-hydrogen) atoms. The molecule has 4 rings (SSSR count). The molecular weight excluding hydrogens is 468 g/mol. The van der Waals surface area contributed by atoms with Crippen molar-refractivity contribution >= 4 is 11.8 Å². The molecule has 1 fully saturated rings. The Balaban J connectivity index is 1.25. The van der Waals surface area contributed by atoms with Gasteiger partial charge in [0.2, 0.25) is 5.91 Å². The van der Waals surface area contributed by atoms with Crippen molar-refractivity contribution in [3.8, 4) is 17.0 Å². The summed E-state index contributed by atoms with van der Waals surface area (Å²) < 4.78 is 57.7. The lowest BCUT2D eigenvalue weighted by molar-refractivity contribution is -0.138. The molecule has 2 amide bonds. The third-order valence-electron chi connectivity index (χ3n) is 5.59. The normalized spacial score (nSPS) is 14.6. The molecule has 0 spiro atoms. The average molecular weight is 490 g/mol. The summed E-state index contributed by atoms with van der Waals surface area (Å²) >= 11 is 0. The van der Waals surface area contributed by atoms with Gasteiger partial charge in [-0.3, -0.25) is 14.7 Å². The Kier molecular flexibility index (Phi) is 7.04. The highest BCUT2D eigenvalue weighted by Crippen LogP contribution is 2.33. The minimum absolute atomic E-state index is 0.205. The topological polar surface area (TPSA) is 87.3 Å². The SMILES string of the molecule is O=C(NCC(=O)N1CCC(Oc2cc(F)cc(C(F)(F)F)c2)CC1)c1cc(-c2ccccc2)n[nH]1. The van der Waals surface area contributed by atoms with Crippen LogP contribution in [0.25, 0.3) is 11.3 Å². The first-order valence-electron chi connectivity index (χ1n) is 10.9. The van der Waals surface area contributed by atoms with Crippen molar-refractivity contribution < 1.29 is 31.9 Å². The van der Waals surface area contributed by atoms with E-state index in [1.807, 2.05) is 30.3 Å². The fourth-order valence-corrected chi connectivity index (χ4v) is 3.77. The number of ether oxygens (including phenoxy) is 1. The van der Waals surface area contributed by atoms with Gasteiger partial charge in [-0.05, 0) is 18.2 Å². The second kappa shape index (κ2) is 10.2. The van der Waals surface area contributed by atoms with Crippen molar-refractivity contribution in [3.05, 3.63) is 71.7 Å². The number of piperidine rings is 1. The minimum Gasteiger partial charge on any atom is -0.490 e. The number of carbonyl (C=O) groups excluding carboxylic acids is 2. The number of aromatic amines is 1. The molecule has 0 saturated carbocycles. The van der Waals surface area contributed by atoms with Crippen LogP contribution in [-0.2, 0) is 11.0 Å².